The summed E-state index contributed by atoms with van der Waals surface area (Å²) in [5.74, 6) is 1.94. The highest BCUT2D eigenvalue weighted by molar-refractivity contribution is 5.81. The van der Waals surface area contributed by atoms with Crippen LogP contribution in [0.3, 0.4) is 0 Å². The average Bonchev–Trinajstić information content (AvgIpc) is 2.45. The van der Waals surface area contributed by atoms with Crippen molar-refractivity contribution in [3.05, 3.63) is 34.7 Å². The summed E-state index contributed by atoms with van der Waals surface area (Å²) in [7, 11) is 0. The Bertz CT molecular complexity index is 602. The van der Waals surface area contributed by atoms with Crippen LogP contribution in [0, 0.1) is 30.1 Å². The minimum atomic E-state index is 0.455. The summed E-state index contributed by atoms with van der Waals surface area (Å²) < 4.78 is 0. The van der Waals surface area contributed by atoms with Crippen molar-refractivity contribution in [3.8, 4) is 6.07 Å². The Kier molecular flexibility index (Phi) is 3.38. The third-order valence-corrected chi connectivity index (χ3v) is 5.24. The van der Waals surface area contributed by atoms with Gasteiger partial charge in [0.1, 0.15) is 0 Å². The molecule has 0 aliphatic heterocycles. The Morgan fingerprint density at radius 1 is 1.25 bits per heavy atom. The highest BCUT2D eigenvalue weighted by atomic mass is 14.7. The van der Waals surface area contributed by atoms with Crippen molar-refractivity contribution in [2.24, 2.45) is 11.8 Å². The number of hydrogen-bond donors (Lipinski definition) is 0. The summed E-state index contributed by atoms with van der Waals surface area (Å²) in [6.07, 6.45) is 5.14. The van der Waals surface area contributed by atoms with Gasteiger partial charge in [-0.3, -0.25) is 4.98 Å². The Morgan fingerprint density at radius 2 is 2.00 bits per heavy atom. The van der Waals surface area contributed by atoms with E-state index in [1.165, 1.54) is 24.8 Å². The second-order valence-corrected chi connectivity index (χ2v) is 6.50. The fraction of sp³-hybridized carbons (Fsp3) is 0.556. The topological polar surface area (TPSA) is 36.7 Å². The molecule has 104 valence electrons. The first-order chi connectivity index (χ1) is 9.61. The molecule has 0 spiro atoms. The van der Waals surface area contributed by atoms with Crippen molar-refractivity contribution < 1.29 is 0 Å². The zero-order chi connectivity index (χ0) is 14.3. The molecule has 1 saturated carbocycles. The standard InChI is InChI=1S/C18H22N2/c1-11-9-16(14-5-4-6-14)13(3)18-15(17(11)10-19)8-7-12(2)20-18/h7-8,13-14,16H,4-6,9H2,1-3H3. The number of aromatic nitrogens is 1. The summed E-state index contributed by atoms with van der Waals surface area (Å²) in [5, 5.41) is 9.55. The van der Waals surface area contributed by atoms with E-state index in [1.807, 2.05) is 13.0 Å². The third kappa shape index (κ3) is 2.06. The molecule has 2 nitrogen and oxygen atoms in total. The number of pyridine rings is 1. The molecule has 1 aromatic heterocycles. The predicted octanol–water partition coefficient (Wildman–Crippen LogP) is 4.61. The van der Waals surface area contributed by atoms with Gasteiger partial charge in [0.2, 0.25) is 0 Å². The third-order valence-electron chi connectivity index (χ3n) is 5.24. The van der Waals surface area contributed by atoms with Crippen molar-refractivity contribution in [3.63, 3.8) is 0 Å². The fourth-order valence-electron chi connectivity index (χ4n) is 3.80. The average molecular weight is 266 g/mol. The number of fused-ring (bicyclic) bond motifs is 1. The quantitative estimate of drug-likeness (QED) is 0.744. The molecule has 20 heavy (non-hydrogen) atoms. The highest BCUT2D eigenvalue weighted by Crippen LogP contribution is 2.47. The molecular weight excluding hydrogens is 244 g/mol. The summed E-state index contributed by atoms with van der Waals surface area (Å²) in [5.41, 5.74) is 5.39. The summed E-state index contributed by atoms with van der Waals surface area (Å²) in [4.78, 5) is 4.79. The van der Waals surface area contributed by atoms with E-state index in [9.17, 15) is 5.26 Å². The molecule has 0 bridgehead atoms. The molecule has 2 aliphatic rings. The molecular formula is C18H22N2. The van der Waals surface area contributed by atoms with Gasteiger partial charge in [0.05, 0.1) is 17.3 Å². The molecule has 0 saturated heterocycles. The largest absolute Gasteiger partial charge is 0.257 e. The van der Waals surface area contributed by atoms with Crippen LogP contribution < -0.4 is 0 Å². The molecule has 1 heterocycles. The molecule has 0 radical (unpaired) electrons. The fourth-order valence-corrected chi connectivity index (χ4v) is 3.80. The number of hydrogen-bond acceptors (Lipinski definition) is 2. The number of rotatable bonds is 1. The lowest BCUT2D eigenvalue weighted by Gasteiger charge is -2.37. The van der Waals surface area contributed by atoms with E-state index < -0.39 is 0 Å². The molecule has 0 amide bonds. The van der Waals surface area contributed by atoms with Crippen molar-refractivity contribution in [1.82, 2.24) is 4.98 Å². The predicted molar refractivity (Wildman–Crippen MR) is 81.0 cm³/mol. The van der Waals surface area contributed by atoms with E-state index in [-0.39, 0.29) is 0 Å². The Labute approximate surface area is 121 Å². The lowest BCUT2D eigenvalue weighted by molar-refractivity contribution is 0.180. The van der Waals surface area contributed by atoms with Crippen LogP contribution in [0.25, 0.3) is 5.57 Å². The van der Waals surface area contributed by atoms with Crippen LogP contribution in [-0.4, -0.2) is 4.98 Å². The monoisotopic (exact) mass is 266 g/mol. The molecule has 1 aromatic rings. The van der Waals surface area contributed by atoms with E-state index in [4.69, 9.17) is 4.98 Å². The van der Waals surface area contributed by atoms with Crippen LogP contribution in [-0.2, 0) is 0 Å². The van der Waals surface area contributed by atoms with Gasteiger partial charge in [0, 0.05) is 17.2 Å². The highest BCUT2D eigenvalue weighted by Gasteiger charge is 2.36. The van der Waals surface area contributed by atoms with Gasteiger partial charge < -0.3 is 0 Å². The zero-order valence-electron chi connectivity index (χ0n) is 12.6. The van der Waals surface area contributed by atoms with Crippen molar-refractivity contribution >= 4 is 5.57 Å². The first-order valence-electron chi connectivity index (χ1n) is 7.69. The van der Waals surface area contributed by atoms with Crippen LogP contribution >= 0.6 is 0 Å². The van der Waals surface area contributed by atoms with Gasteiger partial charge in [0.15, 0.2) is 0 Å². The minimum Gasteiger partial charge on any atom is -0.257 e. The number of nitrogens with zero attached hydrogens (tertiary/aromatic N) is 2. The van der Waals surface area contributed by atoms with Crippen LogP contribution in [0.5, 0.6) is 0 Å². The van der Waals surface area contributed by atoms with Gasteiger partial charge in [-0.1, -0.05) is 37.8 Å². The SMILES string of the molecule is CC1=C(C#N)c2ccc(C)nc2C(C)C(C2CCC2)C1. The van der Waals surface area contributed by atoms with Gasteiger partial charge >= 0.3 is 0 Å². The normalized spacial score (nSPS) is 26.5. The van der Waals surface area contributed by atoms with Crippen LogP contribution in [0.15, 0.2) is 17.7 Å². The molecule has 2 atom stereocenters. The number of allylic oxidation sites excluding steroid dienone is 2. The van der Waals surface area contributed by atoms with Crippen molar-refractivity contribution in [2.45, 2.75) is 52.4 Å². The second kappa shape index (κ2) is 5.05. The first-order valence-corrected chi connectivity index (χ1v) is 7.69. The molecule has 2 heteroatoms. The molecule has 3 rings (SSSR count). The van der Waals surface area contributed by atoms with Crippen LogP contribution in [0.1, 0.15) is 62.4 Å². The van der Waals surface area contributed by atoms with Gasteiger partial charge in [-0.2, -0.15) is 5.26 Å². The maximum Gasteiger partial charge on any atom is 0.0998 e. The Hall–Kier alpha value is -1.62. The summed E-state index contributed by atoms with van der Waals surface area (Å²) >= 11 is 0. The maximum absolute atomic E-state index is 9.55. The molecule has 2 aliphatic carbocycles. The molecule has 0 aromatic carbocycles. The van der Waals surface area contributed by atoms with Gasteiger partial charge in [-0.15, -0.1) is 0 Å². The first kappa shape index (κ1) is 13.4. The summed E-state index contributed by atoms with van der Waals surface area (Å²) in [6.45, 7) is 6.48. The molecule has 0 N–H and O–H groups in total. The lowest BCUT2D eigenvalue weighted by atomic mass is 9.68. The van der Waals surface area contributed by atoms with E-state index in [0.29, 0.717) is 11.8 Å². The Morgan fingerprint density at radius 3 is 2.60 bits per heavy atom. The van der Waals surface area contributed by atoms with Crippen molar-refractivity contribution in [2.75, 3.05) is 0 Å². The van der Waals surface area contributed by atoms with E-state index in [2.05, 4.69) is 26.0 Å². The maximum atomic E-state index is 9.55. The van der Waals surface area contributed by atoms with E-state index in [1.54, 1.807) is 0 Å². The summed E-state index contributed by atoms with van der Waals surface area (Å²) in [6, 6.07) is 6.55. The van der Waals surface area contributed by atoms with E-state index in [0.717, 1.165) is 34.9 Å². The molecule has 1 fully saturated rings. The zero-order valence-corrected chi connectivity index (χ0v) is 12.6. The van der Waals surface area contributed by atoms with Gasteiger partial charge in [0.25, 0.3) is 0 Å². The van der Waals surface area contributed by atoms with Gasteiger partial charge in [-0.25, -0.2) is 0 Å². The lowest BCUT2D eigenvalue weighted by Crippen LogP contribution is -2.26. The molecule has 2 unspecified atom stereocenters. The van der Waals surface area contributed by atoms with Crippen LogP contribution in [0.4, 0.5) is 0 Å². The smallest absolute Gasteiger partial charge is 0.0998 e. The minimum absolute atomic E-state index is 0.455. The Balaban J connectivity index is 2.13. The van der Waals surface area contributed by atoms with Gasteiger partial charge in [-0.05, 0) is 38.2 Å². The van der Waals surface area contributed by atoms with Crippen molar-refractivity contribution in [1.29, 1.82) is 5.26 Å². The second-order valence-electron chi connectivity index (χ2n) is 6.50. The van der Waals surface area contributed by atoms with E-state index >= 15 is 0 Å². The number of aryl methyl sites for hydroxylation is 1. The number of nitriles is 1. The van der Waals surface area contributed by atoms with Crippen LogP contribution in [0.2, 0.25) is 0 Å².